The van der Waals surface area contributed by atoms with Gasteiger partial charge in [-0.2, -0.15) is 0 Å². The fourth-order valence-electron chi connectivity index (χ4n) is 3.58. The largest absolute Gasteiger partial charge is 0.300 e. The van der Waals surface area contributed by atoms with E-state index in [1.54, 1.807) is 0 Å². The summed E-state index contributed by atoms with van der Waals surface area (Å²) in [5.41, 5.74) is 1.46. The van der Waals surface area contributed by atoms with Crippen LogP contribution in [0.1, 0.15) is 58.8 Å². The molecule has 2 rings (SSSR count). The van der Waals surface area contributed by atoms with Crippen molar-refractivity contribution in [2.45, 2.75) is 64.8 Å². The minimum absolute atomic E-state index is 0.361. The highest BCUT2D eigenvalue weighted by Gasteiger charge is 2.31. The van der Waals surface area contributed by atoms with E-state index in [1.807, 2.05) is 6.08 Å². The third-order valence-corrected chi connectivity index (χ3v) is 4.47. The van der Waals surface area contributed by atoms with Crippen molar-refractivity contribution in [2.75, 3.05) is 13.1 Å². The van der Waals surface area contributed by atoms with E-state index < -0.39 is 0 Å². The van der Waals surface area contributed by atoms with Crippen molar-refractivity contribution in [3.63, 3.8) is 0 Å². The summed E-state index contributed by atoms with van der Waals surface area (Å²) in [7, 11) is 0. The van der Waals surface area contributed by atoms with E-state index in [9.17, 15) is 4.79 Å². The summed E-state index contributed by atoms with van der Waals surface area (Å²) in [5, 5.41) is 0. The van der Waals surface area contributed by atoms with Crippen molar-refractivity contribution in [3.05, 3.63) is 11.6 Å². The Balaban J connectivity index is 2.01. The predicted octanol–water partition coefficient (Wildman–Crippen LogP) is 3.57. The van der Waals surface area contributed by atoms with Gasteiger partial charge >= 0.3 is 0 Å². The molecule has 0 amide bonds. The smallest absolute Gasteiger partial charge is 0.155 e. The molecule has 0 aromatic heterocycles. The molecule has 2 aliphatic carbocycles. The number of rotatable bonds is 5. The second-order valence-corrected chi connectivity index (χ2v) is 5.89. The Morgan fingerprint density at radius 3 is 2.56 bits per heavy atom. The number of ketones is 1. The summed E-state index contributed by atoms with van der Waals surface area (Å²) in [6.07, 6.45) is 10.1. The van der Waals surface area contributed by atoms with E-state index >= 15 is 0 Å². The van der Waals surface area contributed by atoms with Crippen LogP contribution in [0.3, 0.4) is 0 Å². The van der Waals surface area contributed by atoms with Crippen molar-refractivity contribution in [2.24, 2.45) is 5.92 Å². The van der Waals surface area contributed by atoms with Gasteiger partial charge in [-0.25, -0.2) is 0 Å². The Kier molecular flexibility index (Phi) is 4.99. The maximum atomic E-state index is 11.6. The van der Waals surface area contributed by atoms with Gasteiger partial charge in [-0.15, -0.1) is 0 Å². The van der Waals surface area contributed by atoms with Gasteiger partial charge < -0.3 is 4.90 Å². The SMILES string of the molecule is CCCN(CCC)[C@@H]1CC[C@H]2CCC(=O)C=C2C1. The molecule has 0 N–H and O–H groups in total. The van der Waals surface area contributed by atoms with E-state index in [0.717, 1.165) is 25.2 Å². The summed E-state index contributed by atoms with van der Waals surface area (Å²) in [6, 6.07) is 0.693. The number of fused-ring (bicyclic) bond motifs is 1. The topological polar surface area (TPSA) is 20.3 Å². The zero-order chi connectivity index (χ0) is 13.0. The van der Waals surface area contributed by atoms with Gasteiger partial charge in [0, 0.05) is 12.5 Å². The average Bonchev–Trinajstić information content (AvgIpc) is 2.37. The molecule has 2 atom stereocenters. The third kappa shape index (κ3) is 3.23. The van der Waals surface area contributed by atoms with E-state index in [-0.39, 0.29) is 0 Å². The number of allylic oxidation sites excluding steroid dienone is 1. The van der Waals surface area contributed by atoms with Crippen molar-refractivity contribution in [1.82, 2.24) is 4.90 Å². The first-order chi connectivity index (χ1) is 8.74. The Labute approximate surface area is 111 Å². The molecule has 18 heavy (non-hydrogen) atoms. The zero-order valence-corrected chi connectivity index (χ0v) is 12.0. The molecule has 0 unspecified atom stereocenters. The van der Waals surface area contributed by atoms with Crippen LogP contribution >= 0.6 is 0 Å². The molecule has 0 aromatic rings. The molecule has 1 fully saturated rings. The first-order valence-corrected chi connectivity index (χ1v) is 7.72. The lowest BCUT2D eigenvalue weighted by Crippen LogP contribution is -2.40. The molecule has 2 aliphatic rings. The standard InChI is InChI=1S/C16H27NO/c1-3-9-17(10-4-2)15-7-5-13-6-8-16(18)12-14(13)11-15/h12-13,15H,3-11H2,1-2H3/t13-,15+/m0/s1. The van der Waals surface area contributed by atoms with Gasteiger partial charge in [0.15, 0.2) is 5.78 Å². The second kappa shape index (κ2) is 6.51. The minimum atomic E-state index is 0.361. The number of nitrogens with zero attached hydrogens (tertiary/aromatic N) is 1. The van der Waals surface area contributed by atoms with Crippen LogP contribution in [0.4, 0.5) is 0 Å². The molecular formula is C16H27NO. The molecule has 0 heterocycles. The summed E-state index contributed by atoms with van der Waals surface area (Å²) in [5.74, 6) is 1.09. The molecular weight excluding hydrogens is 222 g/mol. The molecule has 0 aromatic carbocycles. The van der Waals surface area contributed by atoms with Crippen molar-refractivity contribution >= 4 is 5.78 Å². The lowest BCUT2D eigenvalue weighted by atomic mass is 9.75. The van der Waals surface area contributed by atoms with Gasteiger partial charge in [0.2, 0.25) is 0 Å². The highest BCUT2D eigenvalue weighted by Crippen LogP contribution is 2.37. The number of hydrogen-bond donors (Lipinski definition) is 0. The molecule has 0 spiro atoms. The number of carbonyl (C=O) groups excluding carboxylic acids is 1. The Hall–Kier alpha value is -0.630. The van der Waals surface area contributed by atoms with Gasteiger partial charge in [0.05, 0.1) is 0 Å². The Bertz CT molecular complexity index is 315. The molecule has 2 heteroatoms. The predicted molar refractivity (Wildman–Crippen MR) is 75.6 cm³/mol. The maximum absolute atomic E-state index is 11.6. The molecule has 0 radical (unpaired) electrons. The first-order valence-electron chi connectivity index (χ1n) is 7.72. The molecule has 2 nitrogen and oxygen atoms in total. The van der Waals surface area contributed by atoms with Crippen LogP contribution < -0.4 is 0 Å². The summed E-state index contributed by atoms with van der Waals surface area (Å²) >= 11 is 0. The van der Waals surface area contributed by atoms with Crippen LogP contribution in [-0.4, -0.2) is 29.8 Å². The molecule has 1 saturated carbocycles. The molecule has 0 saturated heterocycles. The summed E-state index contributed by atoms with van der Waals surface area (Å²) < 4.78 is 0. The van der Waals surface area contributed by atoms with Crippen molar-refractivity contribution in [1.29, 1.82) is 0 Å². The fraction of sp³-hybridized carbons (Fsp3) is 0.812. The average molecular weight is 249 g/mol. The highest BCUT2D eigenvalue weighted by atomic mass is 16.1. The van der Waals surface area contributed by atoms with E-state index in [0.29, 0.717) is 11.8 Å². The monoisotopic (exact) mass is 249 g/mol. The highest BCUT2D eigenvalue weighted by molar-refractivity contribution is 5.91. The lowest BCUT2D eigenvalue weighted by molar-refractivity contribution is -0.115. The molecule has 0 aliphatic heterocycles. The van der Waals surface area contributed by atoms with E-state index in [4.69, 9.17) is 0 Å². The number of carbonyl (C=O) groups is 1. The van der Waals surface area contributed by atoms with Gasteiger partial charge in [-0.05, 0) is 63.6 Å². The van der Waals surface area contributed by atoms with Crippen LogP contribution in [-0.2, 0) is 4.79 Å². The Morgan fingerprint density at radius 1 is 1.17 bits per heavy atom. The number of hydrogen-bond acceptors (Lipinski definition) is 2. The second-order valence-electron chi connectivity index (χ2n) is 5.89. The zero-order valence-electron chi connectivity index (χ0n) is 12.0. The van der Waals surface area contributed by atoms with E-state index in [2.05, 4.69) is 18.7 Å². The van der Waals surface area contributed by atoms with Crippen LogP contribution in [0.25, 0.3) is 0 Å². The third-order valence-electron chi connectivity index (χ3n) is 4.47. The van der Waals surface area contributed by atoms with Crippen LogP contribution in [0, 0.1) is 5.92 Å². The van der Waals surface area contributed by atoms with Crippen molar-refractivity contribution < 1.29 is 4.79 Å². The van der Waals surface area contributed by atoms with Crippen LogP contribution in [0.2, 0.25) is 0 Å². The molecule has 102 valence electrons. The normalized spacial score (nSPS) is 28.2. The molecule has 0 bridgehead atoms. The minimum Gasteiger partial charge on any atom is -0.300 e. The van der Waals surface area contributed by atoms with Crippen LogP contribution in [0.5, 0.6) is 0 Å². The quantitative estimate of drug-likeness (QED) is 0.742. The van der Waals surface area contributed by atoms with Gasteiger partial charge in [-0.1, -0.05) is 19.4 Å². The van der Waals surface area contributed by atoms with Crippen LogP contribution in [0.15, 0.2) is 11.6 Å². The van der Waals surface area contributed by atoms with E-state index in [1.165, 1.54) is 44.3 Å². The van der Waals surface area contributed by atoms with Gasteiger partial charge in [-0.3, -0.25) is 4.79 Å². The maximum Gasteiger partial charge on any atom is 0.155 e. The van der Waals surface area contributed by atoms with Gasteiger partial charge in [0.1, 0.15) is 0 Å². The fourth-order valence-corrected chi connectivity index (χ4v) is 3.58. The first kappa shape index (κ1) is 13.8. The van der Waals surface area contributed by atoms with Crippen molar-refractivity contribution in [3.8, 4) is 0 Å². The Morgan fingerprint density at radius 2 is 1.89 bits per heavy atom. The summed E-state index contributed by atoms with van der Waals surface area (Å²) in [6.45, 7) is 6.95. The van der Waals surface area contributed by atoms with Gasteiger partial charge in [0.25, 0.3) is 0 Å². The lowest BCUT2D eigenvalue weighted by Gasteiger charge is -2.39. The summed E-state index contributed by atoms with van der Waals surface area (Å²) in [4.78, 5) is 14.2.